The van der Waals surface area contributed by atoms with Gasteiger partial charge in [0.2, 0.25) is 0 Å². The molecule has 5 atom stereocenters. The van der Waals surface area contributed by atoms with Crippen LogP contribution < -0.4 is 14.4 Å². The van der Waals surface area contributed by atoms with Crippen molar-refractivity contribution in [2.75, 3.05) is 30.9 Å². The highest BCUT2D eigenvalue weighted by Gasteiger charge is 2.38. The van der Waals surface area contributed by atoms with Crippen molar-refractivity contribution in [1.82, 2.24) is 9.29 Å². The fourth-order valence-electron chi connectivity index (χ4n) is 7.15. The van der Waals surface area contributed by atoms with Crippen molar-refractivity contribution in [2.24, 2.45) is 22.1 Å². The number of allylic oxidation sites excluding steroid dienone is 1. The maximum atomic E-state index is 14.5. The molecule has 49 heavy (non-hydrogen) atoms. The van der Waals surface area contributed by atoms with Crippen LogP contribution >= 0.6 is 11.6 Å². The smallest absolute Gasteiger partial charge is 0.286 e. The van der Waals surface area contributed by atoms with Gasteiger partial charge >= 0.3 is 0 Å². The highest BCUT2D eigenvalue weighted by molar-refractivity contribution is 7.92. The minimum absolute atomic E-state index is 0.0204. The second kappa shape index (κ2) is 15.5. The lowest BCUT2D eigenvalue weighted by molar-refractivity contribution is 0.0133. The molecule has 2 bridgehead atoms. The Morgan fingerprint density at radius 3 is 2.76 bits per heavy atom. The first-order chi connectivity index (χ1) is 23.6. The van der Waals surface area contributed by atoms with Gasteiger partial charge in [0.1, 0.15) is 15.7 Å². The summed E-state index contributed by atoms with van der Waals surface area (Å²) in [6.45, 7) is 6.51. The van der Waals surface area contributed by atoms with E-state index in [1.54, 1.807) is 31.6 Å². The Balaban J connectivity index is 1.44. The van der Waals surface area contributed by atoms with Gasteiger partial charge in [-0.05, 0) is 111 Å². The van der Waals surface area contributed by atoms with E-state index in [4.69, 9.17) is 21.1 Å². The van der Waals surface area contributed by atoms with E-state index in [2.05, 4.69) is 38.3 Å². The Morgan fingerprint density at radius 2 is 2.00 bits per heavy atom. The molecule has 0 saturated heterocycles. The van der Waals surface area contributed by atoms with Crippen LogP contribution in [0.3, 0.4) is 0 Å². The fourth-order valence-corrected chi connectivity index (χ4v) is 9.24. The molecule has 262 valence electrons. The van der Waals surface area contributed by atoms with Crippen LogP contribution in [-0.2, 0) is 34.2 Å². The van der Waals surface area contributed by atoms with Crippen LogP contribution in [0.1, 0.15) is 77.8 Å². The molecule has 1 saturated carbocycles. The van der Waals surface area contributed by atoms with Crippen molar-refractivity contribution in [3.05, 3.63) is 94.3 Å². The molecule has 1 aliphatic carbocycles. The van der Waals surface area contributed by atoms with Gasteiger partial charge in [0.15, 0.2) is 0 Å². The Kier molecular flexibility index (Phi) is 11.2. The standard InChI is InChI=1S/C38H47ClN4O5S/c1-4-42-18-17-31(22-42)38(45)41-49(46)25-26(2)8-7-10-35(47-3)33-15-12-30(33)24-43-23-29-11-14-32(39)20-27(29)9-5-6-19-48-36-16-13-28(21-34(36)43)37(44)40-49/h7,10-11,13-14,16-18,20-22,26,30,33,35H,4-6,8-9,12,15,19,23-25H2,1-3H3,(H,40,41,44,45,46)/b10-7+/t26-,30-,33+,35-,49?/m0/s1. The molecule has 3 aromatic rings. The van der Waals surface area contributed by atoms with Crippen molar-refractivity contribution < 1.29 is 23.3 Å². The van der Waals surface area contributed by atoms with Gasteiger partial charge in [-0.2, -0.15) is 0 Å². The zero-order valence-corrected chi connectivity index (χ0v) is 30.2. The SMILES string of the molecule is CCn1ccc(C(=O)NS2(=O)=NC(=O)c3ccc4c(c3)N(Cc3ccc(Cl)cc3CCCCO4)C[C@@H]3CC[C@H]3[C@@H](OC)/C=C/C[C@H](C)C2)c1. The summed E-state index contributed by atoms with van der Waals surface area (Å²) >= 11 is 6.46. The molecule has 1 fully saturated rings. The number of nitrogens with one attached hydrogen (secondary N) is 1. The molecular weight excluding hydrogens is 660 g/mol. The van der Waals surface area contributed by atoms with E-state index < -0.39 is 21.7 Å². The number of aryl methyl sites for hydroxylation is 2. The molecule has 3 aliphatic rings. The molecule has 6 rings (SSSR count). The topological polar surface area (TPSA) is 102 Å². The van der Waals surface area contributed by atoms with Crippen molar-refractivity contribution in [3.8, 4) is 5.75 Å². The van der Waals surface area contributed by atoms with Crippen LogP contribution in [0.25, 0.3) is 0 Å². The lowest BCUT2D eigenvalue weighted by Crippen LogP contribution is -2.43. The molecule has 2 aromatic carbocycles. The molecule has 0 radical (unpaired) electrons. The summed E-state index contributed by atoms with van der Waals surface area (Å²) < 4.78 is 35.7. The quantitative estimate of drug-likeness (QED) is 0.283. The number of fused-ring (bicyclic) bond motifs is 3. The number of carbonyl (C=O) groups is 2. The number of rotatable bonds is 4. The first kappa shape index (κ1) is 35.2. The Bertz CT molecular complexity index is 1830. The summed E-state index contributed by atoms with van der Waals surface area (Å²) in [4.78, 5) is 29.6. The summed E-state index contributed by atoms with van der Waals surface area (Å²) in [5.41, 5.74) is 3.84. The van der Waals surface area contributed by atoms with Gasteiger partial charge in [-0.3, -0.25) is 14.3 Å². The van der Waals surface area contributed by atoms with Gasteiger partial charge in [0, 0.05) is 49.7 Å². The van der Waals surface area contributed by atoms with Crippen LogP contribution in [0.2, 0.25) is 5.02 Å². The Morgan fingerprint density at radius 1 is 1.14 bits per heavy atom. The average molecular weight is 707 g/mol. The van der Waals surface area contributed by atoms with E-state index in [9.17, 15) is 13.8 Å². The van der Waals surface area contributed by atoms with Gasteiger partial charge < -0.3 is 18.9 Å². The molecule has 11 heteroatoms. The number of hydrogen-bond acceptors (Lipinski definition) is 6. The first-order valence-electron chi connectivity index (χ1n) is 17.4. The number of amides is 2. The third-order valence-corrected chi connectivity index (χ3v) is 12.3. The summed E-state index contributed by atoms with van der Waals surface area (Å²) in [6, 6.07) is 13.1. The highest BCUT2D eigenvalue weighted by Crippen LogP contribution is 2.42. The molecule has 3 heterocycles. The summed E-state index contributed by atoms with van der Waals surface area (Å²) in [7, 11) is -1.74. The monoisotopic (exact) mass is 706 g/mol. The lowest BCUT2D eigenvalue weighted by Gasteiger charge is -2.43. The minimum atomic E-state index is -3.50. The Labute approximate surface area is 295 Å². The second-order valence-electron chi connectivity index (χ2n) is 13.6. The minimum Gasteiger partial charge on any atom is -0.491 e. The number of aromatic nitrogens is 1. The fraction of sp³-hybridized carbons (Fsp3) is 0.474. The van der Waals surface area contributed by atoms with Gasteiger partial charge in [0.25, 0.3) is 11.8 Å². The Hall–Kier alpha value is -3.60. The molecule has 9 nitrogen and oxygen atoms in total. The van der Waals surface area contributed by atoms with Gasteiger partial charge in [0.05, 0.1) is 29.7 Å². The normalized spacial score (nSPS) is 26.9. The van der Waals surface area contributed by atoms with Crippen LogP contribution in [0, 0.1) is 17.8 Å². The summed E-state index contributed by atoms with van der Waals surface area (Å²) in [5, 5.41) is 0.717. The molecule has 2 aliphatic heterocycles. The maximum absolute atomic E-state index is 14.5. The predicted molar refractivity (Wildman–Crippen MR) is 195 cm³/mol. The summed E-state index contributed by atoms with van der Waals surface area (Å²) in [5.74, 6) is 0.111. The van der Waals surface area contributed by atoms with Crippen molar-refractivity contribution in [1.29, 1.82) is 0 Å². The number of benzene rings is 2. The number of hydrogen-bond donors (Lipinski definition) is 1. The van der Waals surface area contributed by atoms with Gasteiger partial charge in [-0.25, -0.2) is 4.21 Å². The number of ether oxygens (including phenoxy) is 2. The third-order valence-electron chi connectivity index (χ3n) is 10.0. The molecule has 1 unspecified atom stereocenters. The predicted octanol–water partition coefficient (Wildman–Crippen LogP) is 7.47. The van der Waals surface area contributed by atoms with E-state index in [1.807, 2.05) is 36.6 Å². The average Bonchev–Trinajstić information content (AvgIpc) is 3.54. The third kappa shape index (κ3) is 8.41. The number of nitrogens with zero attached hydrogens (tertiary/aromatic N) is 3. The number of methoxy groups -OCH3 is 1. The lowest BCUT2D eigenvalue weighted by atomic mass is 9.70. The summed E-state index contributed by atoms with van der Waals surface area (Å²) in [6.07, 6.45) is 13.1. The highest BCUT2D eigenvalue weighted by atomic mass is 35.5. The number of carbonyl (C=O) groups excluding carboxylic acids is 2. The van der Waals surface area contributed by atoms with Gasteiger partial charge in [-0.1, -0.05) is 36.7 Å². The van der Waals surface area contributed by atoms with E-state index in [0.717, 1.165) is 49.4 Å². The molecule has 1 aromatic heterocycles. The number of halogens is 1. The van der Waals surface area contributed by atoms with Crippen LogP contribution in [-0.4, -0.2) is 52.7 Å². The molecular formula is C38H47ClN4O5S. The van der Waals surface area contributed by atoms with E-state index in [1.165, 1.54) is 11.1 Å². The largest absolute Gasteiger partial charge is 0.491 e. The van der Waals surface area contributed by atoms with Crippen LogP contribution in [0.15, 0.2) is 71.4 Å². The van der Waals surface area contributed by atoms with Crippen molar-refractivity contribution in [3.63, 3.8) is 0 Å². The van der Waals surface area contributed by atoms with E-state index in [0.29, 0.717) is 49.3 Å². The van der Waals surface area contributed by atoms with Crippen LogP contribution in [0.5, 0.6) is 5.75 Å². The van der Waals surface area contributed by atoms with E-state index >= 15 is 0 Å². The van der Waals surface area contributed by atoms with Crippen molar-refractivity contribution in [2.45, 2.75) is 71.6 Å². The van der Waals surface area contributed by atoms with Gasteiger partial charge in [-0.15, -0.1) is 4.36 Å². The van der Waals surface area contributed by atoms with Crippen LogP contribution in [0.4, 0.5) is 5.69 Å². The zero-order chi connectivity index (χ0) is 34.5. The van der Waals surface area contributed by atoms with E-state index in [-0.39, 0.29) is 23.3 Å². The molecule has 0 spiro atoms. The second-order valence-corrected chi connectivity index (χ2v) is 16.1. The number of anilines is 1. The molecule has 2 amide bonds. The molecule has 1 N–H and O–H groups in total. The first-order valence-corrected chi connectivity index (χ1v) is 19.5. The van der Waals surface area contributed by atoms with Crippen molar-refractivity contribution >= 4 is 39.0 Å². The zero-order valence-electron chi connectivity index (χ0n) is 28.6. The maximum Gasteiger partial charge on any atom is 0.286 e.